The Hall–Kier alpha value is -1.03. The highest BCUT2D eigenvalue weighted by Crippen LogP contribution is 2.20. The lowest BCUT2D eigenvalue weighted by molar-refractivity contribution is 0.304. The zero-order valence-electron chi connectivity index (χ0n) is 10.2. The molecule has 1 unspecified atom stereocenters. The Labute approximate surface area is 97.6 Å². The summed E-state index contributed by atoms with van der Waals surface area (Å²) in [5.74, 6) is 0.304. The van der Waals surface area contributed by atoms with Crippen LogP contribution in [0.1, 0.15) is 39.5 Å². The van der Waals surface area contributed by atoms with Gasteiger partial charge in [0.1, 0.15) is 5.84 Å². The molecule has 0 spiro atoms. The van der Waals surface area contributed by atoms with Crippen LogP contribution in [0, 0.1) is 5.41 Å². The molecule has 0 aromatic heterocycles. The van der Waals surface area contributed by atoms with Crippen molar-refractivity contribution < 1.29 is 5.21 Å². The molecule has 0 radical (unpaired) electrons. The fourth-order valence-electron chi connectivity index (χ4n) is 1.83. The van der Waals surface area contributed by atoms with Crippen LogP contribution in [0.5, 0.6) is 0 Å². The molecule has 92 valence electrons. The molecule has 4 N–H and O–H groups in total. The number of nitrogens with two attached hydrogens (primary N) is 1. The van der Waals surface area contributed by atoms with E-state index in [0.717, 1.165) is 19.4 Å². The molecule has 0 aromatic carbocycles. The second kappa shape index (κ2) is 5.89. The molecule has 4 nitrogen and oxygen atoms in total. The lowest BCUT2D eigenvalue weighted by Gasteiger charge is -2.25. The van der Waals surface area contributed by atoms with Gasteiger partial charge in [-0.05, 0) is 32.2 Å². The Balaban J connectivity index is 2.26. The maximum atomic E-state index is 8.65. The predicted molar refractivity (Wildman–Crippen MR) is 66.6 cm³/mol. The van der Waals surface area contributed by atoms with E-state index in [2.05, 4.69) is 22.6 Å². The number of nitrogens with zero attached hydrogens (tertiary/aromatic N) is 1. The quantitative estimate of drug-likeness (QED) is 0.220. The minimum absolute atomic E-state index is 0.244. The smallest absolute Gasteiger partial charge is 0.144 e. The van der Waals surface area contributed by atoms with Crippen molar-refractivity contribution in [3.63, 3.8) is 0 Å². The maximum absolute atomic E-state index is 8.65. The van der Waals surface area contributed by atoms with Gasteiger partial charge in [0.2, 0.25) is 0 Å². The number of rotatable bonds is 5. The predicted octanol–water partition coefficient (Wildman–Crippen LogP) is 1.85. The van der Waals surface area contributed by atoms with Gasteiger partial charge >= 0.3 is 0 Å². The Morgan fingerprint density at radius 2 is 2.31 bits per heavy atom. The number of nitrogens with one attached hydrogen (secondary N) is 1. The van der Waals surface area contributed by atoms with Crippen molar-refractivity contribution >= 4 is 5.84 Å². The van der Waals surface area contributed by atoms with E-state index in [0.29, 0.717) is 11.9 Å². The van der Waals surface area contributed by atoms with Gasteiger partial charge in [0, 0.05) is 11.5 Å². The normalized spacial score (nSPS) is 22.4. The Kier molecular flexibility index (Phi) is 4.80. The van der Waals surface area contributed by atoms with E-state index in [1.54, 1.807) is 0 Å². The van der Waals surface area contributed by atoms with Crippen LogP contribution in [0.3, 0.4) is 0 Å². The second-order valence-corrected chi connectivity index (χ2v) is 5.05. The molecule has 0 saturated carbocycles. The minimum Gasteiger partial charge on any atom is -0.409 e. The number of amidine groups is 1. The molecule has 0 aromatic rings. The Bertz CT molecular complexity index is 271. The molecule has 1 rings (SSSR count). The Morgan fingerprint density at radius 1 is 1.56 bits per heavy atom. The van der Waals surface area contributed by atoms with Gasteiger partial charge in [-0.1, -0.05) is 31.2 Å². The van der Waals surface area contributed by atoms with E-state index >= 15 is 0 Å². The average molecular weight is 225 g/mol. The molecule has 1 atom stereocenters. The largest absolute Gasteiger partial charge is 0.409 e. The Morgan fingerprint density at radius 3 is 2.88 bits per heavy atom. The van der Waals surface area contributed by atoms with Gasteiger partial charge in [0.25, 0.3) is 0 Å². The van der Waals surface area contributed by atoms with E-state index in [4.69, 9.17) is 10.9 Å². The molecule has 0 amide bonds. The van der Waals surface area contributed by atoms with Crippen LogP contribution in [0.2, 0.25) is 0 Å². The lowest BCUT2D eigenvalue weighted by Crippen LogP contribution is -2.37. The molecule has 0 bridgehead atoms. The molecule has 16 heavy (non-hydrogen) atoms. The van der Waals surface area contributed by atoms with Crippen molar-refractivity contribution in [3.05, 3.63) is 12.2 Å². The number of hydrogen-bond acceptors (Lipinski definition) is 3. The van der Waals surface area contributed by atoms with Crippen LogP contribution < -0.4 is 11.1 Å². The van der Waals surface area contributed by atoms with Gasteiger partial charge in [0.15, 0.2) is 0 Å². The first-order valence-corrected chi connectivity index (χ1v) is 5.92. The highest BCUT2D eigenvalue weighted by Gasteiger charge is 2.23. The summed E-state index contributed by atoms with van der Waals surface area (Å²) in [7, 11) is 0. The molecule has 1 aliphatic rings. The molecule has 0 fully saturated rings. The lowest BCUT2D eigenvalue weighted by atomic mass is 9.88. The van der Waals surface area contributed by atoms with Gasteiger partial charge in [-0.15, -0.1) is 0 Å². The summed E-state index contributed by atoms with van der Waals surface area (Å²) < 4.78 is 0. The number of allylic oxidation sites excluding steroid dienone is 1. The van der Waals surface area contributed by atoms with E-state index in [1.165, 1.54) is 12.8 Å². The van der Waals surface area contributed by atoms with Crippen molar-refractivity contribution in [2.45, 2.75) is 45.6 Å². The standard InChI is InChI=1S/C12H23N3O/c1-12(2,11(13)15-16)8-9-14-10-6-4-3-5-7-10/h3-4,10,14,16H,5-9H2,1-2H3,(H2,13,15). The summed E-state index contributed by atoms with van der Waals surface area (Å²) in [5, 5.41) is 15.2. The van der Waals surface area contributed by atoms with Gasteiger partial charge < -0.3 is 16.3 Å². The molecular weight excluding hydrogens is 202 g/mol. The summed E-state index contributed by atoms with van der Waals surface area (Å²) in [5.41, 5.74) is 5.39. The van der Waals surface area contributed by atoms with Crippen molar-refractivity contribution in [1.82, 2.24) is 5.32 Å². The van der Waals surface area contributed by atoms with Crippen LogP contribution in [0.15, 0.2) is 17.3 Å². The summed E-state index contributed by atoms with van der Waals surface area (Å²) in [6.45, 7) is 4.89. The molecule has 0 heterocycles. The summed E-state index contributed by atoms with van der Waals surface area (Å²) in [6.07, 6.45) is 8.84. The molecule has 0 aliphatic heterocycles. The van der Waals surface area contributed by atoms with E-state index in [9.17, 15) is 0 Å². The first-order valence-electron chi connectivity index (χ1n) is 5.92. The maximum Gasteiger partial charge on any atom is 0.144 e. The SMILES string of the molecule is CC(C)(CCNC1CC=CCC1)C(N)=NO. The first kappa shape index (κ1) is 13.0. The van der Waals surface area contributed by atoms with Crippen molar-refractivity contribution in [2.24, 2.45) is 16.3 Å². The van der Waals surface area contributed by atoms with Crippen LogP contribution in [0.4, 0.5) is 0 Å². The number of hydrogen-bond donors (Lipinski definition) is 3. The van der Waals surface area contributed by atoms with Crippen LogP contribution in [-0.2, 0) is 0 Å². The van der Waals surface area contributed by atoms with Crippen molar-refractivity contribution in [2.75, 3.05) is 6.54 Å². The third-order valence-electron chi connectivity index (χ3n) is 3.25. The monoisotopic (exact) mass is 225 g/mol. The third kappa shape index (κ3) is 3.85. The molecule has 4 heteroatoms. The van der Waals surface area contributed by atoms with Crippen molar-refractivity contribution in [3.8, 4) is 0 Å². The molecule has 1 aliphatic carbocycles. The summed E-state index contributed by atoms with van der Waals surface area (Å²) >= 11 is 0. The topological polar surface area (TPSA) is 70.6 Å². The van der Waals surface area contributed by atoms with Crippen LogP contribution in [0.25, 0.3) is 0 Å². The van der Waals surface area contributed by atoms with Gasteiger partial charge in [-0.2, -0.15) is 0 Å². The van der Waals surface area contributed by atoms with Gasteiger partial charge in [-0.25, -0.2) is 0 Å². The first-order chi connectivity index (χ1) is 7.56. The fourth-order valence-corrected chi connectivity index (χ4v) is 1.83. The minimum atomic E-state index is -0.244. The number of oxime groups is 1. The summed E-state index contributed by atoms with van der Waals surface area (Å²) in [4.78, 5) is 0. The third-order valence-corrected chi connectivity index (χ3v) is 3.25. The zero-order chi connectivity index (χ0) is 12.0. The zero-order valence-corrected chi connectivity index (χ0v) is 10.2. The summed E-state index contributed by atoms with van der Waals surface area (Å²) in [6, 6.07) is 0.591. The van der Waals surface area contributed by atoms with Crippen LogP contribution >= 0.6 is 0 Å². The molecular formula is C12H23N3O. The van der Waals surface area contributed by atoms with Crippen molar-refractivity contribution in [1.29, 1.82) is 0 Å². The fraction of sp³-hybridized carbons (Fsp3) is 0.750. The van der Waals surface area contributed by atoms with Crippen LogP contribution in [-0.4, -0.2) is 23.6 Å². The average Bonchev–Trinajstić information content (AvgIpc) is 2.29. The van der Waals surface area contributed by atoms with Gasteiger partial charge in [0.05, 0.1) is 0 Å². The highest BCUT2D eigenvalue weighted by molar-refractivity contribution is 5.85. The highest BCUT2D eigenvalue weighted by atomic mass is 16.4. The van der Waals surface area contributed by atoms with E-state index < -0.39 is 0 Å². The van der Waals surface area contributed by atoms with E-state index in [1.807, 2.05) is 13.8 Å². The van der Waals surface area contributed by atoms with Gasteiger partial charge in [-0.3, -0.25) is 0 Å². The van der Waals surface area contributed by atoms with E-state index in [-0.39, 0.29) is 5.41 Å². The molecule has 0 saturated heterocycles. The second-order valence-electron chi connectivity index (χ2n) is 5.05.